The highest BCUT2D eigenvalue weighted by molar-refractivity contribution is 5.70. The van der Waals surface area contributed by atoms with Crippen LogP contribution in [-0.2, 0) is 9.53 Å². The molecule has 0 amide bonds. The molecule has 2 N–H and O–H groups in total. The lowest BCUT2D eigenvalue weighted by Crippen LogP contribution is -2.56. The summed E-state index contributed by atoms with van der Waals surface area (Å²) in [6.07, 6.45) is 1.23. The van der Waals surface area contributed by atoms with Crippen LogP contribution in [0, 0.1) is 5.92 Å². The summed E-state index contributed by atoms with van der Waals surface area (Å²) in [6.45, 7) is 7.46. The predicted molar refractivity (Wildman–Crippen MR) is 64.0 cm³/mol. The number of rotatable bonds is 2. The van der Waals surface area contributed by atoms with Crippen LogP contribution in [0.3, 0.4) is 0 Å². The van der Waals surface area contributed by atoms with Crippen molar-refractivity contribution in [3.8, 4) is 0 Å². The van der Waals surface area contributed by atoms with E-state index in [1.807, 2.05) is 0 Å². The molecule has 5 heteroatoms. The second kappa shape index (κ2) is 5.33. The number of ether oxygens (including phenoxy) is 1. The van der Waals surface area contributed by atoms with E-state index in [0.717, 1.165) is 26.1 Å². The van der Waals surface area contributed by atoms with Crippen molar-refractivity contribution in [3.05, 3.63) is 0 Å². The normalized spacial score (nSPS) is 40.1. The van der Waals surface area contributed by atoms with Gasteiger partial charge >= 0.3 is 5.97 Å². The highest BCUT2D eigenvalue weighted by atomic mass is 16.5. The van der Waals surface area contributed by atoms with E-state index in [4.69, 9.17) is 9.84 Å². The zero-order valence-electron chi connectivity index (χ0n) is 10.6. The number of nitrogens with zero attached hydrogens (tertiary/aromatic N) is 1. The quantitative estimate of drug-likeness (QED) is 0.722. The summed E-state index contributed by atoms with van der Waals surface area (Å²) in [5.41, 5.74) is 0. The minimum Gasteiger partial charge on any atom is -0.481 e. The molecule has 5 nitrogen and oxygen atoms in total. The fourth-order valence-corrected chi connectivity index (χ4v) is 2.90. The van der Waals surface area contributed by atoms with Gasteiger partial charge < -0.3 is 15.2 Å². The van der Waals surface area contributed by atoms with Crippen molar-refractivity contribution in [1.82, 2.24) is 10.2 Å². The molecule has 0 spiro atoms. The third-order valence-electron chi connectivity index (χ3n) is 3.64. The van der Waals surface area contributed by atoms with Crippen LogP contribution in [0.25, 0.3) is 0 Å². The van der Waals surface area contributed by atoms with Gasteiger partial charge in [0.05, 0.1) is 18.1 Å². The van der Waals surface area contributed by atoms with Gasteiger partial charge in [-0.25, -0.2) is 0 Å². The van der Waals surface area contributed by atoms with Crippen molar-refractivity contribution in [3.63, 3.8) is 0 Å². The van der Waals surface area contributed by atoms with Gasteiger partial charge in [-0.2, -0.15) is 0 Å². The van der Waals surface area contributed by atoms with E-state index < -0.39 is 5.97 Å². The third-order valence-corrected chi connectivity index (χ3v) is 3.64. The number of hydrogen-bond acceptors (Lipinski definition) is 4. The Morgan fingerprint density at radius 2 is 1.94 bits per heavy atom. The summed E-state index contributed by atoms with van der Waals surface area (Å²) in [6, 6.07) is 0.332. The largest absolute Gasteiger partial charge is 0.481 e. The van der Waals surface area contributed by atoms with Crippen LogP contribution in [0.4, 0.5) is 0 Å². The molecule has 2 heterocycles. The van der Waals surface area contributed by atoms with Gasteiger partial charge in [-0.15, -0.1) is 0 Å². The Bertz CT molecular complexity index is 275. The van der Waals surface area contributed by atoms with Crippen molar-refractivity contribution < 1.29 is 14.6 Å². The van der Waals surface area contributed by atoms with Crippen molar-refractivity contribution in [2.45, 2.75) is 38.5 Å². The summed E-state index contributed by atoms with van der Waals surface area (Å²) in [5, 5.41) is 12.3. The van der Waals surface area contributed by atoms with Crippen LogP contribution in [0.1, 0.15) is 20.3 Å². The average Bonchev–Trinajstić information content (AvgIpc) is 2.28. The van der Waals surface area contributed by atoms with Crippen LogP contribution in [0.15, 0.2) is 0 Å². The Hall–Kier alpha value is -0.650. The molecule has 0 aromatic carbocycles. The van der Waals surface area contributed by atoms with E-state index in [1.54, 1.807) is 0 Å². The van der Waals surface area contributed by atoms with Gasteiger partial charge in [-0.1, -0.05) is 0 Å². The lowest BCUT2D eigenvalue weighted by molar-refractivity contribution is -0.143. The number of carbonyl (C=O) groups is 1. The lowest BCUT2D eigenvalue weighted by atomic mass is 9.94. The van der Waals surface area contributed by atoms with Crippen molar-refractivity contribution in [1.29, 1.82) is 0 Å². The van der Waals surface area contributed by atoms with Gasteiger partial charge in [0.25, 0.3) is 0 Å². The summed E-state index contributed by atoms with van der Waals surface area (Å²) in [7, 11) is 0. The first kappa shape index (κ1) is 12.8. The minimum atomic E-state index is -0.684. The number of carboxylic acids is 1. The van der Waals surface area contributed by atoms with Crippen LogP contribution >= 0.6 is 0 Å². The maximum absolute atomic E-state index is 11.0. The van der Waals surface area contributed by atoms with Crippen LogP contribution in [-0.4, -0.2) is 60.4 Å². The molecular formula is C12H22N2O3. The van der Waals surface area contributed by atoms with Gasteiger partial charge in [0.1, 0.15) is 0 Å². The Morgan fingerprint density at radius 3 is 2.53 bits per heavy atom. The number of carboxylic acid groups (broad SMARTS) is 1. The molecule has 0 aromatic rings. The second-order valence-corrected chi connectivity index (χ2v) is 5.29. The molecule has 4 atom stereocenters. The SMILES string of the molecule is C[C@@H]1CN([C@H]2CNC[C@H](C(=O)O)C2)C[C@H](C)O1. The Morgan fingerprint density at radius 1 is 1.29 bits per heavy atom. The summed E-state index contributed by atoms with van der Waals surface area (Å²) in [4.78, 5) is 13.4. The monoisotopic (exact) mass is 242 g/mol. The van der Waals surface area contributed by atoms with Gasteiger partial charge in [0, 0.05) is 32.2 Å². The Labute approximate surface area is 102 Å². The third kappa shape index (κ3) is 3.18. The zero-order valence-corrected chi connectivity index (χ0v) is 10.6. The van der Waals surface area contributed by atoms with Gasteiger partial charge in [-0.3, -0.25) is 9.69 Å². The fraction of sp³-hybridized carbons (Fsp3) is 0.917. The van der Waals surface area contributed by atoms with Gasteiger partial charge in [0.2, 0.25) is 0 Å². The number of aliphatic carboxylic acids is 1. The zero-order chi connectivity index (χ0) is 12.4. The average molecular weight is 242 g/mol. The van der Waals surface area contributed by atoms with E-state index in [1.165, 1.54) is 0 Å². The van der Waals surface area contributed by atoms with E-state index in [2.05, 4.69) is 24.1 Å². The molecule has 98 valence electrons. The van der Waals surface area contributed by atoms with Gasteiger partial charge in [0.15, 0.2) is 0 Å². The Balaban J connectivity index is 1.94. The molecule has 2 aliphatic heterocycles. The molecule has 0 radical (unpaired) electrons. The first-order valence-electron chi connectivity index (χ1n) is 6.39. The van der Waals surface area contributed by atoms with Crippen molar-refractivity contribution in [2.24, 2.45) is 5.92 Å². The first-order valence-corrected chi connectivity index (χ1v) is 6.39. The number of nitrogens with one attached hydrogen (secondary N) is 1. The molecule has 0 bridgehead atoms. The lowest BCUT2D eigenvalue weighted by Gasteiger charge is -2.42. The summed E-state index contributed by atoms with van der Waals surface area (Å²) in [5.74, 6) is -0.932. The van der Waals surface area contributed by atoms with Crippen molar-refractivity contribution >= 4 is 5.97 Å². The fourth-order valence-electron chi connectivity index (χ4n) is 2.90. The van der Waals surface area contributed by atoms with Crippen LogP contribution in [0.5, 0.6) is 0 Å². The second-order valence-electron chi connectivity index (χ2n) is 5.29. The van der Waals surface area contributed by atoms with E-state index in [0.29, 0.717) is 12.6 Å². The van der Waals surface area contributed by atoms with E-state index in [-0.39, 0.29) is 18.1 Å². The number of piperidine rings is 1. The van der Waals surface area contributed by atoms with E-state index >= 15 is 0 Å². The number of hydrogen-bond donors (Lipinski definition) is 2. The summed E-state index contributed by atoms with van der Waals surface area (Å²) < 4.78 is 5.70. The molecule has 17 heavy (non-hydrogen) atoms. The highest BCUT2D eigenvalue weighted by Crippen LogP contribution is 2.20. The smallest absolute Gasteiger partial charge is 0.307 e. The first-order chi connectivity index (χ1) is 8.06. The molecule has 0 aliphatic carbocycles. The van der Waals surface area contributed by atoms with Crippen LogP contribution in [0.2, 0.25) is 0 Å². The maximum Gasteiger partial charge on any atom is 0.307 e. The standard InChI is InChI=1S/C12H22N2O3/c1-8-6-14(7-9(2)17-8)11-3-10(12(15)16)4-13-5-11/h8-11,13H,3-7H2,1-2H3,(H,15,16)/t8-,9+,10-,11-/m1/s1. The molecular weight excluding hydrogens is 220 g/mol. The van der Waals surface area contributed by atoms with Crippen LogP contribution < -0.4 is 5.32 Å². The topological polar surface area (TPSA) is 61.8 Å². The molecule has 2 saturated heterocycles. The highest BCUT2D eigenvalue weighted by Gasteiger charge is 2.33. The van der Waals surface area contributed by atoms with Crippen molar-refractivity contribution in [2.75, 3.05) is 26.2 Å². The number of morpholine rings is 1. The maximum atomic E-state index is 11.0. The Kier molecular flexibility index (Phi) is 4.01. The molecule has 0 aromatic heterocycles. The molecule has 0 saturated carbocycles. The predicted octanol–water partition coefficient (Wildman–Crippen LogP) is 0.158. The summed E-state index contributed by atoms with van der Waals surface area (Å²) >= 11 is 0. The molecule has 2 rings (SSSR count). The molecule has 0 unspecified atom stereocenters. The minimum absolute atomic E-state index is 0.240. The van der Waals surface area contributed by atoms with Gasteiger partial charge in [-0.05, 0) is 20.3 Å². The van der Waals surface area contributed by atoms with E-state index in [9.17, 15) is 4.79 Å². The molecule has 2 fully saturated rings. The molecule has 2 aliphatic rings.